The molecule has 0 fully saturated rings. The summed E-state index contributed by atoms with van der Waals surface area (Å²) in [5.41, 5.74) is 3.39. The largest absolute Gasteiger partial charge is 0.423 e. The molecule has 0 unspecified atom stereocenters. The summed E-state index contributed by atoms with van der Waals surface area (Å²) in [7, 11) is 1.67. The molecule has 8 heteroatoms. The summed E-state index contributed by atoms with van der Waals surface area (Å²) in [4.78, 5) is 15.2. The summed E-state index contributed by atoms with van der Waals surface area (Å²) in [6.45, 7) is 6.24. The fourth-order valence-corrected chi connectivity index (χ4v) is 3.94. The fourth-order valence-electron chi connectivity index (χ4n) is 3.30. The zero-order valence-corrected chi connectivity index (χ0v) is 18.0. The van der Waals surface area contributed by atoms with Gasteiger partial charge in [0, 0.05) is 31.7 Å². The van der Waals surface area contributed by atoms with Gasteiger partial charge in [-0.05, 0) is 54.1 Å². The Morgan fingerprint density at radius 1 is 1.10 bits per heavy atom. The Morgan fingerprint density at radius 2 is 1.93 bits per heavy atom. The van der Waals surface area contributed by atoms with E-state index in [1.54, 1.807) is 24.5 Å². The lowest BCUT2D eigenvalue weighted by Crippen LogP contribution is -2.27. The van der Waals surface area contributed by atoms with Gasteiger partial charge in [-0.3, -0.25) is 4.90 Å². The number of thiophene rings is 1. The molecule has 3 aromatic heterocycles. The van der Waals surface area contributed by atoms with Gasteiger partial charge in [0.15, 0.2) is 0 Å². The quantitative estimate of drug-likeness (QED) is 0.392. The Morgan fingerprint density at radius 3 is 2.70 bits per heavy atom. The Labute approximate surface area is 177 Å². The molecule has 0 atom stereocenters. The molecule has 0 N–H and O–H groups in total. The van der Waals surface area contributed by atoms with Crippen molar-refractivity contribution in [2.45, 2.75) is 26.9 Å². The molecule has 0 aliphatic rings. The van der Waals surface area contributed by atoms with Gasteiger partial charge in [-0.1, -0.05) is 6.07 Å². The van der Waals surface area contributed by atoms with E-state index in [1.807, 2.05) is 30.5 Å². The van der Waals surface area contributed by atoms with E-state index < -0.39 is 0 Å². The molecule has 3 heterocycles. The van der Waals surface area contributed by atoms with E-state index in [2.05, 4.69) is 28.1 Å². The van der Waals surface area contributed by atoms with Crippen LogP contribution < -0.4 is 5.63 Å². The van der Waals surface area contributed by atoms with E-state index in [9.17, 15) is 4.79 Å². The van der Waals surface area contributed by atoms with Crippen molar-refractivity contribution in [3.8, 4) is 10.8 Å². The lowest BCUT2D eigenvalue weighted by Gasteiger charge is -2.21. The molecule has 4 aromatic rings. The van der Waals surface area contributed by atoms with Gasteiger partial charge in [0.25, 0.3) is 5.89 Å². The first-order chi connectivity index (χ1) is 14.5. The van der Waals surface area contributed by atoms with Crippen LogP contribution in [0, 0.1) is 13.8 Å². The monoisotopic (exact) mass is 425 g/mol. The lowest BCUT2D eigenvalue weighted by molar-refractivity contribution is 0.134. The minimum absolute atomic E-state index is 0.356. The van der Waals surface area contributed by atoms with E-state index in [-0.39, 0.29) is 5.63 Å². The number of fused-ring (bicyclic) bond motifs is 1. The van der Waals surface area contributed by atoms with Crippen molar-refractivity contribution in [1.29, 1.82) is 0 Å². The maximum atomic E-state index is 12.1. The van der Waals surface area contributed by atoms with E-state index in [4.69, 9.17) is 13.6 Å². The van der Waals surface area contributed by atoms with Crippen molar-refractivity contribution in [3.63, 3.8) is 0 Å². The normalized spacial score (nSPS) is 11.6. The Kier molecular flexibility index (Phi) is 6.08. The van der Waals surface area contributed by atoms with Gasteiger partial charge in [0.1, 0.15) is 5.58 Å². The Balaban J connectivity index is 1.62. The van der Waals surface area contributed by atoms with Crippen LogP contribution in [0.5, 0.6) is 0 Å². The molecular weight excluding hydrogens is 402 g/mol. The highest BCUT2D eigenvalue weighted by molar-refractivity contribution is 7.13. The first-order valence-electron chi connectivity index (χ1n) is 9.65. The highest BCUT2D eigenvalue weighted by atomic mass is 32.1. The number of hydrogen-bond acceptors (Lipinski definition) is 8. The summed E-state index contributed by atoms with van der Waals surface area (Å²) in [5.74, 6) is 1.04. The van der Waals surface area contributed by atoms with Crippen LogP contribution in [0.25, 0.3) is 21.7 Å². The molecule has 0 bridgehead atoms. The van der Waals surface area contributed by atoms with Crippen molar-refractivity contribution in [3.05, 3.63) is 68.7 Å². The molecule has 4 rings (SSSR count). The zero-order valence-electron chi connectivity index (χ0n) is 17.2. The maximum Gasteiger partial charge on any atom is 0.336 e. The fraction of sp³-hybridized carbons (Fsp3) is 0.318. The van der Waals surface area contributed by atoms with E-state index >= 15 is 0 Å². The number of rotatable bonds is 8. The van der Waals surface area contributed by atoms with Gasteiger partial charge >= 0.3 is 5.63 Å². The summed E-state index contributed by atoms with van der Waals surface area (Å²) in [6, 6.07) is 9.44. The molecule has 156 valence electrons. The second-order valence-corrected chi connectivity index (χ2v) is 8.15. The van der Waals surface area contributed by atoms with Crippen LogP contribution in [0.4, 0.5) is 0 Å². The smallest absolute Gasteiger partial charge is 0.336 e. The van der Waals surface area contributed by atoms with Gasteiger partial charge in [-0.2, -0.15) is 0 Å². The second-order valence-electron chi connectivity index (χ2n) is 7.21. The first kappa shape index (κ1) is 20.5. The van der Waals surface area contributed by atoms with Crippen molar-refractivity contribution in [2.75, 3.05) is 20.3 Å². The van der Waals surface area contributed by atoms with Gasteiger partial charge < -0.3 is 13.6 Å². The predicted octanol–water partition coefficient (Wildman–Crippen LogP) is 4.17. The van der Waals surface area contributed by atoms with E-state index in [0.717, 1.165) is 27.0 Å². The van der Waals surface area contributed by atoms with Crippen LogP contribution in [0.2, 0.25) is 0 Å². The van der Waals surface area contributed by atoms with Crippen molar-refractivity contribution >= 4 is 22.3 Å². The lowest BCUT2D eigenvalue weighted by atomic mass is 10.0. The molecule has 1 aromatic carbocycles. The molecular formula is C22H23N3O4S. The summed E-state index contributed by atoms with van der Waals surface area (Å²) >= 11 is 1.56. The third-order valence-electron chi connectivity index (χ3n) is 5.01. The summed E-state index contributed by atoms with van der Waals surface area (Å²) in [6.07, 6.45) is 0. The molecule has 0 saturated heterocycles. The maximum absolute atomic E-state index is 12.1. The molecule has 0 saturated carbocycles. The highest BCUT2D eigenvalue weighted by Crippen LogP contribution is 2.25. The molecule has 0 amide bonds. The van der Waals surface area contributed by atoms with Crippen LogP contribution in [0.15, 0.2) is 49.3 Å². The highest BCUT2D eigenvalue weighted by Gasteiger charge is 2.16. The van der Waals surface area contributed by atoms with Gasteiger partial charge in [-0.15, -0.1) is 21.5 Å². The molecule has 0 aliphatic carbocycles. The van der Waals surface area contributed by atoms with Crippen LogP contribution in [0.3, 0.4) is 0 Å². The van der Waals surface area contributed by atoms with Crippen LogP contribution in [0.1, 0.15) is 22.6 Å². The average Bonchev–Trinajstić information content (AvgIpc) is 3.39. The third-order valence-corrected chi connectivity index (χ3v) is 5.87. The van der Waals surface area contributed by atoms with E-state index in [1.165, 1.54) is 0 Å². The van der Waals surface area contributed by atoms with Gasteiger partial charge in [0.2, 0.25) is 5.89 Å². The number of hydrogen-bond donors (Lipinski definition) is 0. The molecule has 0 spiro atoms. The van der Waals surface area contributed by atoms with Crippen LogP contribution in [-0.4, -0.2) is 35.4 Å². The summed E-state index contributed by atoms with van der Waals surface area (Å²) in [5, 5.41) is 11.3. The Hall–Kier alpha value is -2.81. The Bertz CT molecular complexity index is 1200. The van der Waals surface area contributed by atoms with E-state index in [0.29, 0.717) is 43.6 Å². The first-order valence-corrected chi connectivity index (χ1v) is 10.5. The molecule has 7 nitrogen and oxygen atoms in total. The van der Waals surface area contributed by atoms with Gasteiger partial charge in [0.05, 0.1) is 18.0 Å². The average molecular weight is 426 g/mol. The number of aromatic nitrogens is 2. The third kappa shape index (κ3) is 4.51. The molecule has 0 radical (unpaired) electrons. The number of benzene rings is 1. The summed E-state index contributed by atoms with van der Waals surface area (Å²) < 4.78 is 16.5. The predicted molar refractivity (Wildman–Crippen MR) is 116 cm³/mol. The molecule has 30 heavy (non-hydrogen) atoms. The zero-order chi connectivity index (χ0) is 21.1. The van der Waals surface area contributed by atoms with Crippen LogP contribution in [-0.2, 0) is 17.8 Å². The molecule has 0 aliphatic heterocycles. The number of nitrogens with zero attached hydrogens (tertiary/aromatic N) is 3. The standard InChI is InChI=1S/C22H23N3O4S/c1-14-9-17-16(11-21(26)28-18(17)10-15(14)2)12-25(6-7-27-3)13-20-23-24-22(29-20)19-5-4-8-30-19/h4-5,8-11H,6-7,12-13H2,1-3H3. The number of ether oxygens (including phenoxy) is 1. The van der Waals surface area contributed by atoms with Crippen molar-refractivity contribution in [1.82, 2.24) is 15.1 Å². The number of methoxy groups -OCH3 is 1. The van der Waals surface area contributed by atoms with Gasteiger partial charge in [-0.25, -0.2) is 4.79 Å². The van der Waals surface area contributed by atoms with Crippen LogP contribution >= 0.6 is 11.3 Å². The second kappa shape index (κ2) is 8.91. The minimum Gasteiger partial charge on any atom is -0.423 e. The van der Waals surface area contributed by atoms with Crippen molar-refractivity contribution in [2.24, 2.45) is 0 Å². The number of aryl methyl sites for hydroxylation is 2. The topological polar surface area (TPSA) is 81.6 Å². The van der Waals surface area contributed by atoms with Crippen molar-refractivity contribution < 1.29 is 13.6 Å². The SMILES string of the molecule is COCCN(Cc1nnc(-c2cccs2)o1)Cc1cc(=O)oc2cc(C)c(C)cc12. The minimum atomic E-state index is -0.356.